The van der Waals surface area contributed by atoms with Crippen LogP contribution in [0.1, 0.15) is 11.3 Å². The van der Waals surface area contributed by atoms with Gasteiger partial charge in [-0.3, -0.25) is 9.97 Å². The molecular formula is C15H18FN3O2. The second kappa shape index (κ2) is 8.28. The summed E-state index contributed by atoms with van der Waals surface area (Å²) in [5.74, 6) is 0.270. The maximum atomic E-state index is 13.0. The molecule has 0 bridgehead atoms. The average molecular weight is 291 g/mol. The van der Waals surface area contributed by atoms with Gasteiger partial charge in [0, 0.05) is 32.0 Å². The Bertz CT molecular complexity index is 549. The van der Waals surface area contributed by atoms with Crippen molar-refractivity contribution in [3.63, 3.8) is 0 Å². The van der Waals surface area contributed by atoms with E-state index in [2.05, 4.69) is 15.3 Å². The van der Waals surface area contributed by atoms with Crippen molar-refractivity contribution in [2.75, 3.05) is 20.3 Å². The van der Waals surface area contributed by atoms with E-state index in [0.29, 0.717) is 24.5 Å². The molecule has 0 saturated carbocycles. The summed E-state index contributed by atoms with van der Waals surface area (Å²) in [6, 6.07) is 5.13. The van der Waals surface area contributed by atoms with Gasteiger partial charge < -0.3 is 14.8 Å². The molecule has 0 aliphatic heterocycles. The third kappa shape index (κ3) is 5.45. The Hall–Kier alpha value is -2.05. The van der Waals surface area contributed by atoms with Gasteiger partial charge in [0.2, 0.25) is 0 Å². The monoisotopic (exact) mass is 291 g/mol. The SMILES string of the molecule is COCCNCc1ccc(OCc2cncc(F)c2)cn1. The molecule has 0 aromatic carbocycles. The molecule has 0 spiro atoms. The maximum Gasteiger partial charge on any atom is 0.141 e. The number of methoxy groups -OCH3 is 1. The Morgan fingerprint density at radius 3 is 2.86 bits per heavy atom. The van der Waals surface area contributed by atoms with E-state index >= 15 is 0 Å². The first-order valence-electron chi connectivity index (χ1n) is 6.65. The van der Waals surface area contributed by atoms with Crippen molar-refractivity contribution in [3.05, 3.63) is 53.9 Å². The lowest BCUT2D eigenvalue weighted by Crippen LogP contribution is -2.19. The molecule has 0 aliphatic carbocycles. The smallest absolute Gasteiger partial charge is 0.141 e. The zero-order valence-electron chi connectivity index (χ0n) is 11.9. The van der Waals surface area contributed by atoms with Gasteiger partial charge in [-0.25, -0.2) is 4.39 Å². The summed E-state index contributed by atoms with van der Waals surface area (Å²) in [5.41, 5.74) is 1.60. The topological polar surface area (TPSA) is 56.3 Å². The minimum Gasteiger partial charge on any atom is -0.487 e. The van der Waals surface area contributed by atoms with Crippen molar-refractivity contribution in [2.45, 2.75) is 13.2 Å². The molecule has 5 nitrogen and oxygen atoms in total. The second-order valence-corrected chi connectivity index (χ2v) is 4.45. The predicted octanol–water partition coefficient (Wildman–Crippen LogP) is 1.93. The van der Waals surface area contributed by atoms with E-state index in [-0.39, 0.29) is 12.4 Å². The van der Waals surface area contributed by atoms with Gasteiger partial charge >= 0.3 is 0 Å². The van der Waals surface area contributed by atoms with Gasteiger partial charge in [-0.1, -0.05) is 0 Å². The number of ether oxygens (including phenoxy) is 2. The summed E-state index contributed by atoms with van der Waals surface area (Å²) in [6.07, 6.45) is 4.39. The fourth-order valence-corrected chi connectivity index (χ4v) is 1.69. The highest BCUT2D eigenvalue weighted by Crippen LogP contribution is 2.12. The lowest BCUT2D eigenvalue weighted by atomic mass is 10.3. The van der Waals surface area contributed by atoms with E-state index in [1.165, 1.54) is 6.07 Å². The van der Waals surface area contributed by atoms with Crippen LogP contribution in [0.15, 0.2) is 36.8 Å². The molecule has 2 aromatic heterocycles. The molecule has 0 fully saturated rings. The van der Waals surface area contributed by atoms with Crippen LogP contribution in [0.25, 0.3) is 0 Å². The first-order valence-corrected chi connectivity index (χ1v) is 6.65. The predicted molar refractivity (Wildman–Crippen MR) is 76.3 cm³/mol. The van der Waals surface area contributed by atoms with Crippen molar-refractivity contribution < 1.29 is 13.9 Å². The van der Waals surface area contributed by atoms with Crippen LogP contribution in [0.5, 0.6) is 5.75 Å². The number of aromatic nitrogens is 2. The van der Waals surface area contributed by atoms with Crippen molar-refractivity contribution in [1.82, 2.24) is 15.3 Å². The minimum atomic E-state index is -0.369. The highest BCUT2D eigenvalue weighted by Gasteiger charge is 2.00. The number of hydrogen-bond donors (Lipinski definition) is 1. The quantitative estimate of drug-likeness (QED) is 0.753. The molecule has 0 amide bonds. The molecule has 1 N–H and O–H groups in total. The zero-order valence-corrected chi connectivity index (χ0v) is 11.9. The fourth-order valence-electron chi connectivity index (χ4n) is 1.69. The molecule has 2 heterocycles. The lowest BCUT2D eigenvalue weighted by molar-refractivity contribution is 0.199. The molecule has 0 saturated heterocycles. The van der Waals surface area contributed by atoms with Crippen molar-refractivity contribution >= 4 is 0 Å². The van der Waals surface area contributed by atoms with Gasteiger partial charge in [-0.2, -0.15) is 0 Å². The van der Waals surface area contributed by atoms with Crippen LogP contribution in [0.4, 0.5) is 4.39 Å². The Labute approximate surface area is 123 Å². The highest BCUT2D eigenvalue weighted by molar-refractivity contribution is 5.20. The summed E-state index contributed by atoms with van der Waals surface area (Å²) >= 11 is 0. The average Bonchev–Trinajstić information content (AvgIpc) is 2.51. The molecule has 0 atom stereocenters. The number of pyridine rings is 2. The van der Waals surface area contributed by atoms with Gasteiger partial charge in [0.25, 0.3) is 0 Å². The summed E-state index contributed by atoms with van der Waals surface area (Å²) < 4.78 is 23.5. The molecule has 0 aliphatic rings. The Kier molecular flexibility index (Phi) is 6.05. The Morgan fingerprint density at radius 2 is 2.14 bits per heavy atom. The molecule has 21 heavy (non-hydrogen) atoms. The van der Waals surface area contributed by atoms with Gasteiger partial charge in [-0.15, -0.1) is 0 Å². The van der Waals surface area contributed by atoms with Crippen molar-refractivity contribution in [2.24, 2.45) is 0 Å². The van der Waals surface area contributed by atoms with E-state index in [1.54, 1.807) is 19.5 Å². The van der Waals surface area contributed by atoms with Gasteiger partial charge in [0.1, 0.15) is 18.2 Å². The highest BCUT2D eigenvalue weighted by atomic mass is 19.1. The summed E-state index contributed by atoms with van der Waals surface area (Å²) in [7, 11) is 1.67. The van der Waals surface area contributed by atoms with Gasteiger partial charge in [0.05, 0.1) is 24.7 Å². The first kappa shape index (κ1) is 15.3. The van der Waals surface area contributed by atoms with Crippen LogP contribution < -0.4 is 10.1 Å². The first-order chi connectivity index (χ1) is 10.3. The minimum absolute atomic E-state index is 0.262. The van der Waals surface area contributed by atoms with Crippen LogP contribution in [0.2, 0.25) is 0 Å². The maximum absolute atomic E-state index is 13.0. The normalized spacial score (nSPS) is 10.6. The number of rotatable bonds is 8. The zero-order chi connectivity index (χ0) is 14.9. The molecule has 6 heteroatoms. The number of hydrogen-bond acceptors (Lipinski definition) is 5. The molecule has 2 aromatic rings. The summed E-state index contributed by atoms with van der Waals surface area (Å²) in [6.45, 7) is 2.39. The van der Waals surface area contributed by atoms with Crippen LogP contribution >= 0.6 is 0 Å². The van der Waals surface area contributed by atoms with E-state index in [1.807, 2.05) is 12.1 Å². The van der Waals surface area contributed by atoms with Crippen LogP contribution in [0, 0.1) is 5.82 Å². The van der Waals surface area contributed by atoms with E-state index < -0.39 is 0 Å². The second-order valence-electron chi connectivity index (χ2n) is 4.45. The summed E-state index contributed by atoms with van der Waals surface area (Å²) in [5, 5.41) is 3.21. The Balaban J connectivity index is 1.79. The van der Waals surface area contributed by atoms with Crippen LogP contribution in [0.3, 0.4) is 0 Å². The van der Waals surface area contributed by atoms with Gasteiger partial charge in [0.15, 0.2) is 0 Å². The Morgan fingerprint density at radius 1 is 1.24 bits per heavy atom. The van der Waals surface area contributed by atoms with Crippen LogP contribution in [-0.4, -0.2) is 30.2 Å². The third-order valence-corrected chi connectivity index (χ3v) is 2.75. The number of nitrogens with zero attached hydrogens (tertiary/aromatic N) is 2. The van der Waals surface area contributed by atoms with Crippen molar-refractivity contribution in [1.29, 1.82) is 0 Å². The van der Waals surface area contributed by atoms with E-state index in [4.69, 9.17) is 9.47 Å². The largest absolute Gasteiger partial charge is 0.487 e. The molecular weight excluding hydrogens is 273 g/mol. The molecule has 2 rings (SSSR count). The molecule has 0 radical (unpaired) electrons. The molecule has 112 valence electrons. The van der Waals surface area contributed by atoms with E-state index in [0.717, 1.165) is 18.4 Å². The lowest BCUT2D eigenvalue weighted by Gasteiger charge is -2.07. The molecule has 0 unspecified atom stereocenters. The van der Waals surface area contributed by atoms with E-state index in [9.17, 15) is 4.39 Å². The van der Waals surface area contributed by atoms with Crippen LogP contribution in [-0.2, 0) is 17.9 Å². The third-order valence-electron chi connectivity index (χ3n) is 2.75. The fraction of sp³-hybridized carbons (Fsp3) is 0.333. The summed E-state index contributed by atoms with van der Waals surface area (Å²) in [4.78, 5) is 8.06. The number of halogens is 1. The van der Waals surface area contributed by atoms with Crippen molar-refractivity contribution in [3.8, 4) is 5.75 Å². The number of nitrogens with one attached hydrogen (secondary N) is 1. The standard InChI is InChI=1S/C15H18FN3O2/c1-20-5-4-17-9-14-2-3-15(10-19-14)21-11-12-6-13(16)8-18-7-12/h2-3,6-8,10,17H,4-5,9,11H2,1H3. The van der Waals surface area contributed by atoms with Gasteiger partial charge in [-0.05, 0) is 18.2 Å².